The highest BCUT2D eigenvalue weighted by Crippen LogP contribution is 2.36. The van der Waals surface area contributed by atoms with E-state index in [-0.39, 0.29) is 0 Å². The zero-order valence-corrected chi connectivity index (χ0v) is 14.9. The van der Waals surface area contributed by atoms with Gasteiger partial charge in [-0.1, -0.05) is 6.07 Å². The van der Waals surface area contributed by atoms with Crippen LogP contribution in [0, 0.1) is 0 Å². The van der Waals surface area contributed by atoms with Crippen molar-refractivity contribution in [1.82, 2.24) is 5.32 Å². The van der Waals surface area contributed by atoms with E-state index < -0.39 is 11.9 Å². The van der Waals surface area contributed by atoms with Crippen molar-refractivity contribution in [2.45, 2.75) is 25.7 Å². The molecule has 0 fully saturated rings. The monoisotopic (exact) mass is 396 g/mol. The van der Waals surface area contributed by atoms with Crippen molar-refractivity contribution in [3.8, 4) is 0 Å². The zero-order valence-electron chi connectivity index (χ0n) is 13.3. The van der Waals surface area contributed by atoms with Gasteiger partial charge in [0, 0.05) is 23.2 Å². The lowest BCUT2D eigenvalue weighted by atomic mass is 9.94. The number of aliphatic carboxylic acids is 2. The molecular weight excluding hydrogens is 376 g/mol. The largest absolute Gasteiger partial charge is 0.478 e. The smallest absolute Gasteiger partial charge is 0.328 e. The van der Waals surface area contributed by atoms with Crippen molar-refractivity contribution in [1.29, 1.82) is 0 Å². The van der Waals surface area contributed by atoms with Gasteiger partial charge in [-0.05, 0) is 71.4 Å². The molecule has 1 aromatic carbocycles. The SMILES string of the molecule is Brc1c2c(cc3c1NCCC3)CCNCC2.O=C(O)/C=C/C(=O)O. The van der Waals surface area contributed by atoms with Gasteiger partial charge in [0.25, 0.3) is 0 Å². The normalized spacial score (nSPS) is 16.0. The maximum atomic E-state index is 9.55. The van der Waals surface area contributed by atoms with Crippen molar-refractivity contribution in [2.24, 2.45) is 0 Å². The molecule has 7 heteroatoms. The van der Waals surface area contributed by atoms with Crippen molar-refractivity contribution in [3.05, 3.63) is 39.4 Å². The first-order valence-electron chi connectivity index (χ1n) is 7.90. The van der Waals surface area contributed by atoms with Gasteiger partial charge in [0.15, 0.2) is 0 Å². The molecule has 0 aliphatic carbocycles. The van der Waals surface area contributed by atoms with Gasteiger partial charge in [0.1, 0.15) is 0 Å². The predicted octanol–water partition coefficient (Wildman–Crippen LogP) is 2.21. The Morgan fingerprint density at radius 2 is 1.67 bits per heavy atom. The van der Waals surface area contributed by atoms with Crippen molar-refractivity contribution >= 4 is 33.6 Å². The number of halogens is 1. The summed E-state index contributed by atoms with van der Waals surface area (Å²) in [6.07, 6.45) is 5.91. The molecule has 2 aliphatic rings. The van der Waals surface area contributed by atoms with Crippen LogP contribution in [0.25, 0.3) is 0 Å². The summed E-state index contributed by atoms with van der Waals surface area (Å²) in [5.74, 6) is -2.51. The molecule has 0 saturated heterocycles. The summed E-state index contributed by atoms with van der Waals surface area (Å²) in [5.41, 5.74) is 5.91. The molecule has 0 radical (unpaired) electrons. The van der Waals surface area contributed by atoms with Gasteiger partial charge in [0.2, 0.25) is 0 Å². The summed E-state index contributed by atoms with van der Waals surface area (Å²) < 4.78 is 1.32. The second-order valence-electron chi connectivity index (χ2n) is 5.65. The number of hydrogen-bond acceptors (Lipinski definition) is 4. The van der Waals surface area contributed by atoms with Crippen molar-refractivity contribution < 1.29 is 19.8 Å². The van der Waals surface area contributed by atoms with Gasteiger partial charge < -0.3 is 20.8 Å². The molecule has 24 heavy (non-hydrogen) atoms. The molecule has 2 heterocycles. The third-order valence-corrected chi connectivity index (χ3v) is 4.83. The summed E-state index contributed by atoms with van der Waals surface area (Å²) in [6.45, 7) is 3.33. The Kier molecular flexibility index (Phi) is 6.81. The fourth-order valence-electron chi connectivity index (χ4n) is 2.88. The molecule has 0 unspecified atom stereocenters. The summed E-state index contributed by atoms with van der Waals surface area (Å²) >= 11 is 3.80. The van der Waals surface area contributed by atoms with Crippen LogP contribution in [-0.4, -0.2) is 41.8 Å². The average Bonchev–Trinajstić information content (AvgIpc) is 2.79. The fourth-order valence-corrected chi connectivity index (χ4v) is 3.73. The van der Waals surface area contributed by atoms with E-state index in [1.54, 1.807) is 5.56 Å². The number of benzene rings is 1. The van der Waals surface area contributed by atoms with E-state index in [9.17, 15) is 9.59 Å². The van der Waals surface area contributed by atoms with Crippen LogP contribution in [0.2, 0.25) is 0 Å². The quantitative estimate of drug-likeness (QED) is 0.572. The van der Waals surface area contributed by atoms with E-state index in [1.807, 2.05) is 0 Å². The maximum absolute atomic E-state index is 9.55. The van der Waals surface area contributed by atoms with Crippen LogP contribution in [0.1, 0.15) is 23.1 Å². The zero-order chi connectivity index (χ0) is 17.5. The third kappa shape index (κ3) is 5.07. The van der Waals surface area contributed by atoms with Gasteiger partial charge in [-0.15, -0.1) is 0 Å². The number of carboxylic acid groups (broad SMARTS) is 2. The van der Waals surface area contributed by atoms with Crippen LogP contribution < -0.4 is 10.6 Å². The highest BCUT2D eigenvalue weighted by molar-refractivity contribution is 9.10. The van der Waals surface area contributed by atoms with Crippen molar-refractivity contribution in [2.75, 3.05) is 25.0 Å². The molecule has 0 spiro atoms. The number of rotatable bonds is 2. The van der Waals surface area contributed by atoms with Gasteiger partial charge in [0.05, 0.1) is 5.69 Å². The minimum absolute atomic E-state index is 0.558. The van der Waals surface area contributed by atoms with E-state index in [1.165, 1.54) is 40.5 Å². The molecule has 0 atom stereocenters. The van der Waals surface area contributed by atoms with Crippen molar-refractivity contribution in [3.63, 3.8) is 0 Å². The number of carboxylic acids is 2. The maximum Gasteiger partial charge on any atom is 0.328 e. The van der Waals surface area contributed by atoms with Crippen LogP contribution in [0.5, 0.6) is 0 Å². The van der Waals surface area contributed by atoms with E-state index >= 15 is 0 Å². The lowest BCUT2D eigenvalue weighted by Gasteiger charge is -2.23. The standard InChI is InChI=1S/C13H17BrN2.C4H4O4/c14-12-11-4-7-15-6-3-9(11)8-10-2-1-5-16-13(10)12;5-3(6)1-2-4(7)8/h8,15-16H,1-7H2;1-2H,(H,5,6)(H,7,8)/b;2-1+. The number of nitrogens with one attached hydrogen (secondary N) is 2. The molecule has 6 nitrogen and oxygen atoms in total. The van der Waals surface area contributed by atoms with Crippen LogP contribution in [0.15, 0.2) is 22.7 Å². The minimum atomic E-state index is -1.26. The molecule has 0 saturated carbocycles. The third-order valence-electron chi connectivity index (χ3n) is 3.96. The fraction of sp³-hybridized carbons (Fsp3) is 0.412. The first-order valence-corrected chi connectivity index (χ1v) is 8.70. The Bertz CT molecular complexity index is 642. The number of hydrogen-bond donors (Lipinski definition) is 4. The first kappa shape index (κ1) is 18.5. The lowest BCUT2D eigenvalue weighted by Crippen LogP contribution is -2.16. The minimum Gasteiger partial charge on any atom is -0.478 e. The van der Waals surface area contributed by atoms with Gasteiger partial charge in [-0.25, -0.2) is 9.59 Å². The Balaban J connectivity index is 0.000000224. The Morgan fingerprint density at radius 3 is 2.33 bits per heavy atom. The van der Waals surface area contributed by atoms with E-state index in [0.717, 1.165) is 26.1 Å². The number of carbonyl (C=O) groups is 2. The number of fused-ring (bicyclic) bond motifs is 2. The van der Waals surface area contributed by atoms with Crippen LogP contribution in [0.3, 0.4) is 0 Å². The van der Waals surface area contributed by atoms with E-state index in [0.29, 0.717) is 12.2 Å². The average molecular weight is 397 g/mol. The summed E-state index contributed by atoms with van der Waals surface area (Å²) in [4.78, 5) is 19.1. The highest BCUT2D eigenvalue weighted by Gasteiger charge is 2.19. The predicted molar refractivity (Wildman–Crippen MR) is 95.6 cm³/mol. The topological polar surface area (TPSA) is 98.7 Å². The Labute approximate surface area is 149 Å². The number of aryl methyl sites for hydroxylation is 1. The van der Waals surface area contributed by atoms with Crippen LogP contribution >= 0.6 is 15.9 Å². The second kappa shape index (κ2) is 8.84. The van der Waals surface area contributed by atoms with Gasteiger partial charge >= 0.3 is 11.9 Å². The summed E-state index contributed by atoms with van der Waals surface area (Å²) in [5, 5.41) is 22.6. The second-order valence-corrected chi connectivity index (χ2v) is 6.45. The highest BCUT2D eigenvalue weighted by atomic mass is 79.9. The molecule has 4 N–H and O–H groups in total. The molecule has 0 aromatic heterocycles. The summed E-state index contributed by atoms with van der Waals surface area (Å²) in [7, 11) is 0. The Hall–Kier alpha value is -1.86. The van der Waals surface area contributed by atoms with Gasteiger partial charge in [-0.3, -0.25) is 0 Å². The van der Waals surface area contributed by atoms with E-state index in [4.69, 9.17) is 10.2 Å². The van der Waals surface area contributed by atoms with Crippen LogP contribution in [-0.2, 0) is 28.9 Å². The first-order chi connectivity index (χ1) is 11.5. The molecular formula is C17H21BrN2O4. The molecule has 1 aromatic rings. The van der Waals surface area contributed by atoms with Crippen LogP contribution in [0.4, 0.5) is 5.69 Å². The summed E-state index contributed by atoms with van der Waals surface area (Å²) in [6, 6.07) is 2.43. The van der Waals surface area contributed by atoms with E-state index in [2.05, 4.69) is 32.6 Å². The molecule has 130 valence electrons. The Morgan fingerprint density at radius 1 is 1.00 bits per heavy atom. The molecule has 0 amide bonds. The lowest BCUT2D eigenvalue weighted by molar-refractivity contribution is -0.134. The number of anilines is 1. The molecule has 0 bridgehead atoms. The molecule has 3 rings (SSSR count). The van der Waals surface area contributed by atoms with Gasteiger partial charge in [-0.2, -0.15) is 0 Å². The molecule has 2 aliphatic heterocycles.